The summed E-state index contributed by atoms with van der Waals surface area (Å²) in [4.78, 5) is 0. The Morgan fingerprint density at radius 1 is 0.952 bits per heavy atom. The molecule has 2 rings (SSSR count). The molecular formula is C14H29N3O3S. The summed E-state index contributed by atoms with van der Waals surface area (Å²) in [5, 5.41) is 0. The molecule has 0 bridgehead atoms. The maximum atomic E-state index is 12.7. The van der Waals surface area contributed by atoms with E-state index in [2.05, 4.69) is 0 Å². The van der Waals surface area contributed by atoms with Gasteiger partial charge in [-0.05, 0) is 38.6 Å². The van der Waals surface area contributed by atoms with Crippen LogP contribution in [0.5, 0.6) is 0 Å². The van der Waals surface area contributed by atoms with E-state index in [4.69, 9.17) is 10.5 Å². The first kappa shape index (κ1) is 17.1. The van der Waals surface area contributed by atoms with Crippen LogP contribution in [0.3, 0.4) is 0 Å². The van der Waals surface area contributed by atoms with Gasteiger partial charge in [0.05, 0.1) is 6.10 Å². The molecule has 21 heavy (non-hydrogen) atoms. The van der Waals surface area contributed by atoms with Gasteiger partial charge in [0.25, 0.3) is 10.2 Å². The van der Waals surface area contributed by atoms with E-state index < -0.39 is 10.2 Å². The molecular weight excluding hydrogens is 290 g/mol. The monoisotopic (exact) mass is 319 g/mol. The molecule has 0 radical (unpaired) electrons. The molecule has 2 aliphatic heterocycles. The van der Waals surface area contributed by atoms with Gasteiger partial charge in [-0.3, -0.25) is 0 Å². The van der Waals surface area contributed by atoms with Crippen LogP contribution >= 0.6 is 0 Å². The summed E-state index contributed by atoms with van der Waals surface area (Å²) >= 11 is 0. The first-order chi connectivity index (χ1) is 10.1. The molecule has 2 heterocycles. The minimum absolute atomic E-state index is 0.187. The average Bonchev–Trinajstić information content (AvgIpc) is 2.78. The first-order valence-corrected chi connectivity index (χ1v) is 9.61. The Kier molecular flexibility index (Phi) is 6.88. The van der Waals surface area contributed by atoms with Gasteiger partial charge in [0, 0.05) is 32.8 Å². The smallest absolute Gasteiger partial charge is 0.281 e. The van der Waals surface area contributed by atoms with Crippen molar-refractivity contribution < 1.29 is 13.2 Å². The highest BCUT2D eigenvalue weighted by atomic mass is 32.2. The molecule has 0 aliphatic carbocycles. The van der Waals surface area contributed by atoms with E-state index in [1.807, 2.05) is 0 Å². The van der Waals surface area contributed by atoms with Crippen molar-refractivity contribution >= 4 is 10.2 Å². The van der Waals surface area contributed by atoms with Crippen LogP contribution in [0.15, 0.2) is 0 Å². The second-order valence-electron chi connectivity index (χ2n) is 5.93. The lowest BCUT2D eigenvalue weighted by Crippen LogP contribution is -2.48. The fraction of sp³-hybridized carbons (Fsp3) is 1.00. The van der Waals surface area contributed by atoms with Crippen molar-refractivity contribution in [2.75, 3.05) is 39.3 Å². The summed E-state index contributed by atoms with van der Waals surface area (Å²) < 4.78 is 34.4. The van der Waals surface area contributed by atoms with Crippen LogP contribution < -0.4 is 5.73 Å². The zero-order valence-corrected chi connectivity index (χ0v) is 13.7. The van der Waals surface area contributed by atoms with Gasteiger partial charge in [0.1, 0.15) is 0 Å². The van der Waals surface area contributed by atoms with Crippen LogP contribution in [0.25, 0.3) is 0 Å². The van der Waals surface area contributed by atoms with E-state index in [0.717, 1.165) is 44.9 Å². The van der Waals surface area contributed by atoms with Crippen LogP contribution in [0.4, 0.5) is 0 Å². The first-order valence-electron chi connectivity index (χ1n) is 8.21. The number of piperidine rings is 1. The maximum Gasteiger partial charge on any atom is 0.281 e. The highest BCUT2D eigenvalue weighted by Crippen LogP contribution is 2.21. The molecule has 2 saturated heterocycles. The van der Waals surface area contributed by atoms with Crippen molar-refractivity contribution in [3.63, 3.8) is 0 Å². The van der Waals surface area contributed by atoms with E-state index in [1.54, 1.807) is 8.61 Å². The predicted molar refractivity (Wildman–Crippen MR) is 83.2 cm³/mol. The number of ether oxygens (including phenoxy) is 1. The molecule has 2 N–H and O–H groups in total. The van der Waals surface area contributed by atoms with E-state index in [1.165, 1.54) is 0 Å². The Balaban J connectivity index is 1.82. The zero-order chi connectivity index (χ0) is 15.1. The molecule has 0 spiro atoms. The fourth-order valence-electron chi connectivity index (χ4n) is 3.00. The van der Waals surface area contributed by atoms with Crippen molar-refractivity contribution in [3.05, 3.63) is 0 Å². The van der Waals surface area contributed by atoms with E-state index >= 15 is 0 Å². The second-order valence-corrected chi connectivity index (χ2v) is 7.86. The molecule has 7 heteroatoms. The van der Waals surface area contributed by atoms with Crippen molar-refractivity contribution in [2.45, 2.75) is 51.0 Å². The van der Waals surface area contributed by atoms with Gasteiger partial charge in [0.2, 0.25) is 0 Å². The third-order valence-electron chi connectivity index (χ3n) is 4.32. The van der Waals surface area contributed by atoms with Crippen LogP contribution in [0.1, 0.15) is 44.9 Å². The molecule has 0 atom stereocenters. The zero-order valence-electron chi connectivity index (χ0n) is 12.9. The van der Waals surface area contributed by atoms with Crippen LogP contribution in [0.2, 0.25) is 0 Å². The van der Waals surface area contributed by atoms with Crippen LogP contribution in [0, 0.1) is 0 Å². The van der Waals surface area contributed by atoms with E-state index in [-0.39, 0.29) is 6.10 Å². The molecule has 0 aromatic rings. The lowest BCUT2D eigenvalue weighted by molar-refractivity contribution is 0.0201. The van der Waals surface area contributed by atoms with Gasteiger partial charge in [-0.15, -0.1) is 0 Å². The Morgan fingerprint density at radius 2 is 1.52 bits per heavy atom. The summed E-state index contributed by atoms with van der Waals surface area (Å²) in [5.74, 6) is 0. The van der Waals surface area contributed by atoms with Crippen molar-refractivity contribution in [1.29, 1.82) is 0 Å². The lowest BCUT2D eigenvalue weighted by atomic mass is 10.1. The molecule has 6 nitrogen and oxygen atoms in total. The molecule has 124 valence electrons. The third-order valence-corrected chi connectivity index (χ3v) is 6.36. The normalized spacial score (nSPS) is 24.0. The topological polar surface area (TPSA) is 75.9 Å². The Morgan fingerprint density at radius 3 is 2.10 bits per heavy atom. The Bertz CT molecular complexity index is 386. The van der Waals surface area contributed by atoms with Crippen LogP contribution in [-0.2, 0) is 14.9 Å². The predicted octanol–water partition coefficient (Wildman–Crippen LogP) is 0.937. The molecule has 0 aromatic carbocycles. The van der Waals surface area contributed by atoms with E-state index in [0.29, 0.717) is 39.3 Å². The molecule has 0 saturated carbocycles. The number of nitrogens with zero attached hydrogens (tertiary/aromatic N) is 2. The summed E-state index contributed by atoms with van der Waals surface area (Å²) in [5.41, 5.74) is 5.45. The quantitative estimate of drug-likeness (QED) is 0.739. The molecule has 2 fully saturated rings. The standard InChI is InChI=1S/C14H29N3O3S/c15-8-5-13-20-14-6-11-17(12-7-14)21(18,19)16-9-3-1-2-4-10-16/h14H,1-13,15H2. The summed E-state index contributed by atoms with van der Waals surface area (Å²) in [6.45, 7) is 3.82. The van der Waals surface area contributed by atoms with Crippen molar-refractivity contribution in [2.24, 2.45) is 5.73 Å². The molecule has 0 aromatic heterocycles. The molecule has 0 amide bonds. The number of hydrogen-bond acceptors (Lipinski definition) is 4. The summed E-state index contributed by atoms with van der Waals surface area (Å²) in [7, 11) is -3.27. The van der Waals surface area contributed by atoms with Crippen molar-refractivity contribution in [1.82, 2.24) is 8.61 Å². The maximum absolute atomic E-state index is 12.7. The highest BCUT2D eigenvalue weighted by Gasteiger charge is 2.33. The van der Waals surface area contributed by atoms with Gasteiger partial charge in [0.15, 0.2) is 0 Å². The fourth-order valence-corrected chi connectivity index (χ4v) is 4.72. The lowest BCUT2D eigenvalue weighted by Gasteiger charge is -2.34. The SMILES string of the molecule is NCCCOC1CCN(S(=O)(=O)N2CCCCCC2)CC1. The Labute approximate surface area is 128 Å². The summed E-state index contributed by atoms with van der Waals surface area (Å²) in [6, 6.07) is 0. The second kappa shape index (κ2) is 8.43. The van der Waals surface area contributed by atoms with Gasteiger partial charge in [-0.25, -0.2) is 0 Å². The average molecular weight is 319 g/mol. The van der Waals surface area contributed by atoms with Gasteiger partial charge >= 0.3 is 0 Å². The summed E-state index contributed by atoms with van der Waals surface area (Å²) in [6.07, 6.45) is 6.89. The number of hydrogen-bond donors (Lipinski definition) is 1. The number of rotatable bonds is 6. The van der Waals surface area contributed by atoms with E-state index in [9.17, 15) is 8.42 Å². The van der Waals surface area contributed by atoms with Crippen LogP contribution in [-0.4, -0.2) is 62.5 Å². The minimum atomic E-state index is -3.27. The van der Waals surface area contributed by atoms with Gasteiger partial charge < -0.3 is 10.5 Å². The van der Waals surface area contributed by atoms with Crippen molar-refractivity contribution in [3.8, 4) is 0 Å². The molecule has 2 aliphatic rings. The number of nitrogens with two attached hydrogens (primary N) is 1. The van der Waals surface area contributed by atoms with Gasteiger partial charge in [-0.2, -0.15) is 17.0 Å². The highest BCUT2D eigenvalue weighted by molar-refractivity contribution is 7.86. The third kappa shape index (κ3) is 4.89. The minimum Gasteiger partial charge on any atom is -0.378 e. The molecule has 0 unspecified atom stereocenters. The van der Waals surface area contributed by atoms with Gasteiger partial charge in [-0.1, -0.05) is 12.8 Å². The largest absolute Gasteiger partial charge is 0.378 e. The Hall–Kier alpha value is -0.210.